The van der Waals surface area contributed by atoms with E-state index in [9.17, 15) is 9.59 Å². The van der Waals surface area contributed by atoms with Crippen molar-refractivity contribution >= 4 is 33.5 Å². The summed E-state index contributed by atoms with van der Waals surface area (Å²) in [5.41, 5.74) is 2.38. The van der Waals surface area contributed by atoms with Gasteiger partial charge < -0.3 is 10.2 Å². The molecule has 0 spiro atoms. The van der Waals surface area contributed by atoms with Crippen LogP contribution in [0.25, 0.3) is 10.3 Å². The summed E-state index contributed by atoms with van der Waals surface area (Å²) in [4.78, 5) is 41.2. The molecule has 1 saturated heterocycles. The first-order valence-corrected chi connectivity index (χ1v) is 9.65. The highest BCUT2D eigenvalue weighted by Crippen LogP contribution is 2.39. The van der Waals surface area contributed by atoms with E-state index in [1.54, 1.807) is 44.0 Å². The Morgan fingerprint density at radius 1 is 1.19 bits per heavy atom. The van der Waals surface area contributed by atoms with Gasteiger partial charge in [0.2, 0.25) is 0 Å². The van der Waals surface area contributed by atoms with Crippen LogP contribution < -0.4 is 5.32 Å². The molecule has 8 heteroatoms. The van der Waals surface area contributed by atoms with Crippen molar-refractivity contribution in [2.45, 2.75) is 18.8 Å². The fourth-order valence-electron chi connectivity index (χ4n) is 3.55. The first-order valence-electron chi connectivity index (χ1n) is 8.84. The van der Waals surface area contributed by atoms with Crippen LogP contribution in [0.3, 0.4) is 0 Å². The Balaban J connectivity index is 1.58. The van der Waals surface area contributed by atoms with Gasteiger partial charge in [-0.05, 0) is 30.9 Å². The van der Waals surface area contributed by atoms with Crippen molar-refractivity contribution in [1.29, 1.82) is 0 Å². The van der Waals surface area contributed by atoms with Crippen molar-refractivity contribution in [3.8, 4) is 0 Å². The van der Waals surface area contributed by atoms with Gasteiger partial charge in [0.25, 0.3) is 11.8 Å². The second-order valence-corrected chi connectivity index (χ2v) is 7.44. The predicted molar refractivity (Wildman–Crippen MR) is 103 cm³/mol. The molecule has 0 aromatic carbocycles. The summed E-state index contributed by atoms with van der Waals surface area (Å²) in [5.74, 6) is 0.0763. The van der Waals surface area contributed by atoms with Crippen LogP contribution in [-0.4, -0.2) is 51.8 Å². The Morgan fingerprint density at radius 3 is 2.67 bits per heavy atom. The van der Waals surface area contributed by atoms with Crippen molar-refractivity contribution in [2.75, 3.05) is 20.1 Å². The van der Waals surface area contributed by atoms with Gasteiger partial charge in [0.1, 0.15) is 10.3 Å². The van der Waals surface area contributed by atoms with Crippen LogP contribution in [0.4, 0.5) is 0 Å². The van der Waals surface area contributed by atoms with Crippen molar-refractivity contribution in [2.24, 2.45) is 0 Å². The molecule has 0 radical (unpaired) electrons. The minimum atomic E-state index is -0.108. The van der Waals surface area contributed by atoms with Gasteiger partial charge >= 0.3 is 0 Å². The van der Waals surface area contributed by atoms with E-state index in [0.717, 1.165) is 28.8 Å². The molecule has 3 aromatic rings. The maximum absolute atomic E-state index is 12.6. The number of hydrogen-bond donors (Lipinski definition) is 1. The van der Waals surface area contributed by atoms with Gasteiger partial charge in [-0.15, -0.1) is 11.3 Å². The number of carbonyl (C=O) groups excluding carboxylic acids is 2. The minimum Gasteiger partial charge on any atom is -0.354 e. The molecule has 0 saturated carbocycles. The first kappa shape index (κ1) is 17.5. The van der Waals surface area contributed by atoms with Gasteiger partial charge in [-0.1, -0.05) is 0 Å². The van der Waals surface area contributed by atoms with E-state index in [4.69, 9.17) is 0 Å². The molecule has 27 heavy (non-hydrogen) atoms. The number of likely N-dealkylation sites (tertiary alicyclic amines) is 1. The number of amides is 2. The van der Waals surface area contributed by atoms with E-state index in [-0.39, 0.29) is 17.7 Å². The molecular weight excluding hydrogens is 362 g/mol. The summed E-state index contributed by atoms with van der Waals surface area (Å²) in [6.07, 6.45) is 8.14. The quantitative estimate of drug-likeness (QED) is 0.753. The fourth-order valence-corrected chi connectivity index (χ4v) is 4.68. The lowest BCUT2D eigenvalue weighted by atomic mass is 9.88. The topological polar surface area (TPSA) is 88.1 Å². The molecule has 1 fully saturated rings. The second kappa shape index (κ2) is 7.40. The van der Waals surface area contributed by atoms with Gasteiger partial charge in [0.05, 0.1) is 10.4 Å². The zero-order valence-corrected chi connectivity index (χ0v) is 15.7. The molecule has 4 rings (SSSR count). The minimum absolute atomic E-state index is 0.00282. The first-order chi connectivity index (χ1) is 13.2. The second-order valence-electron chi connectivity index (χ2n) is 6.44. The molecule has 1 N–H and O–H groups in total. The smallest absolute Gasteiger partial charge is 0.261 e. The summed E-state index contributed by atoms with van der Waals surface area (Å²) in [5, 5.41) is 2.71. The number of pyridine rings is 1. The zero-order chi connectivity index (χ0) is 18.8. The molecule has 0 bridgehead atoms. The van der Waals surface area contributed by atoms with Gasteiger partial charge in [0, 0.05) is 50.5 Å². The highest BCUT2D eigenvalue weighted by atomic mass is 32.1. The number of thiophene rings is 1. The molecule has 138 valence electrons. The number of nitrogens with one attached hydrogen (secondary N) is 1. The van der Waals surface area contributed by atoms with Crippen LogP contribution in [0.5, 0.6) is 0 Å². The number of aromatic nitrogens is 3. The summed E-state index contributed by atoms with van der Waals surface area (Å²) in [7, 11) is 1.63. The average Bonchev–Trinajstić information content (AvgIpc) is 3.13. The van der Waals surface area contributed by atoms with Gasteiger partial charge in [-0.2, -0.15) is 0 Å². The number of piperidine rings is 1. The molecule has 0 aliphatic carbocycles. The average molecular weight is 381 g/mol. The Labute approximate surface area is 160 Å². The zero-order valence-electron chi connectivity index (χ0n) is 14.9. The van der Waals surface area contributed by atoms with Gasteiger partial charge in [-0.25, -0.2) is 4.98 Å². The molecule has 7 nitrogen and oxygen atoms in total. The van der Waals surface area contributed by atoms with Crippen LogP contribution in [-0.2, 0) is 0 Å². The van der Waals surface area contributed by atoms with Crippen molar-refractivity contribution in [3.63, 3.8) is 0 Å². The van der Waals surface area contributed by atoms with Crippen molar-refractivity contribution < 1.29 is 9.59 Å². The van der Waals surface area contributed by atoms with E-state index >= 15 is 0 Å². The van der Waals surface area contributed by atoms with Gasteiger partial charge in [-0.3, -0.25) is 19.6 Å². The number of nitrogens with zero attached hydrogens (tertiary/aromatic N) is 4. The highest BCUT2D eigenvalue weighted by Gasteiger charge is 2.30. The Morgan fingerprint density at radius 2 is 1.96 bits per heavy atom. The van der Waals surface area contributed by atoms with Gasteiger partial charge in [0.15, 0.2) is 0 Å². The van der Waals surface area contributed by atoms with Crippen LogP contribution in [0, 0.1) is 0 Å². The summed E-state index contributed by atoms with van der Waals surface area (Å²) in [6.45, 7) is 1.28. The number of fused-ring (bicyclic) bond motifs is 1. The number of carbonyl (C=O) groups is 2. The number of hydrogen-bond acceptors (Lipinski definition) is 6. The summed E-state index contributed by atoms with van der Waals surface area (Å²) >= 11 is 1.38. The number of rotatable bonds is 3. The maximum Gasteiger partial charge on any atom is 0.261 e. The Hall–Kier alpha value is -2.87. The fraction of sp³-hybridized carbons (Fsp3) is 0.316. The van der Waals surface area contributed by atoms with Crippen LogP contribution in [0.2, 0.25) is 0 Å². The molecule has 2 amide bonds. The van der Waals surface area contributed by atoms with E-state index in [0.29, 0.717) is 23.5 Å². The normalized spacial score (nSPS) is 15.1. The Kier molecular flexibility index (Phi) is 4.81. The predicted octanol–water partition coefficient (Wildman–Crippen LogP) is 2.47. The molecule has 1 aliphatic heterocycles. The van der Waals surface area contributed by atoms with E-state index < -0.39 is 0 Å². The van der Waals surface area contributed by atoms with E-state index in [2.05, 4.69) is 20.3 Å². The van der Waals surface area contributed by atoms with Crippen LogP contribution >= 0.6 is 11.3 Å². The van der Waals surface area contributed by atoms with Crippen molar-refractivity contribution in [1.82, 2.24) is 25.2 Å². The third-order valence-corrected chi connectivity index (χ3v) is 6.00. The molecule has 1 aliphatic rings. The third-order valence-electron chi connectivity index (χ3n) is 4.90. The van der Waals surface area contributed by atoms with Crippen LogP contribution in [0.15, 0.2) is 36.9 Å². The summed E-state index contributed by atoms with van der Waals surface area (Å²) in [6, 6.07) is 3.55. The molecular formula is C19H19N5O2S. The SMILES string of the molecule is CNC(=O)c1sc2nccnc2c1C1CCN(C(=O)c2cccnc2)CC1. The van der Waals surface area contributed by atoms with Crippen LogP contribution in [0.1, 0.15) is 44.4 Å². The Bertz CT molecular complexity index is 980. The lowest BCUT2D eigenvalue weighted by Gasteiger charge is -2.32. The van der Waals surface area contributed by atoms with E-state index in [1.165, 1.54) is 11.3 Å². The molecule has 0 atom stereocenters. The lowest BCUT2D eigenvalue weighted by molar-refractivity contribution is 0.0711. The summed E-state index contributed by atoms with van der Waals surface area (Å²) < 4.78 is 0. The molecule has 0 unspecified atom stereocenters. The molecule has 3 aromatic heterocycles. The highest BCUT2D eigenvalue weighted by molar-refractivity contribution is 7.20. The lowest BCUT2D eigenvalue weighted by Crippen LogP contribution is -2.38. The standard InChI is InChI=1S/C19H19N5O2S/c1-20-17(25)16-14(15-18(27-16)23-8-7-22-15)12-4-9-24(10-5-12)19(26)13-3-2-6-21-11-13/h2-3,6-8,11-12H,4-5,9-10H2,1H3,(H,20,25). The van der Waals surface area contributed by atoms with E-state index in [1.807, 2.05) is 4.90 Å². The van der Waals surface area contributed by atoms with Crippen molar-refractivity contribution in [3.05, 3.63) is 52.9 Å². The third kappa shape index (κ3) is 3.28. The maximum atomic E-state index is 12.6. The monoisotopic (exact) mass is 381 g/mol. The largest absolute Gasteiger partial charge is 0.354 e. The molecule has 4 heterocycles.